The fourth-order valence-electron chi connectivity index (χ4n) is 4.63. The molecule has 0 unspecified atom stereocenters. The van der Waals surface area contributed by atoms with Gasteiger partial charge in [-0.2, -0.15) is 0 Å². The molecule has 2 aliphatic rings. The maximum absolute atomic E-state index is 4.81. The van der Waals surface area contributed by atoms with E-state index in [1.807, 2.05) is 31.0 Å². The average molecular weight is 427 g/mol. The highest BCUT2D eigenvalue weighted by molar-refractivity contribution is 5.68. The minimum Gasteiger partial charge on any atom is -0.368 e. The standard InChI is InChI=1S/C26H30N6/c1-2-25(31-16-9-23(10-17-31)4-3-22-5-12-27-13-6-22)26(29-11-1)32-20-18-30(19-21-32)24-7-14-28-15-8-24/h1-2,4-8,11-15H,3,9-10,16-21H2. The minimum atomic E-state index is 0.983. The van der Waals surface area contributed by atoms with Crippen molar-refractivity contribution >= 4 is 17.2 Å². The maximum atomic E-state index is 4.81. The van der Waals surface area contributed by atoms with Crippen LogP contribution in [0.1, 0.15) is 18.4 Å². The Bertz CT molecular complexity index is 1020. The van der Waals surface area contributed by atoms with E-state index in [1.54, 1.807) is 5.57 Å². The van der Waals surface area contributed by atoms with Gasteiger partial charge >= 0.3 is 0 Å². The van der Waals surface area contributed by atoms with E-state index in [4.69, 9.17) is 4.98 Å². The molecule has 0 aromatic carbocycles. The lowest BCUT2D eigenvalue weighted by atomic mass is 10.0. The van der Waals surface area contributed by atoms with Gasteiger partial charge in [-0.25, -0.2) is 4.98 Å². The Kier molecular flexibility index (Phi) is 6.28. The summed E-state index contributed by atoms with van der Waals surface area (Å²) in [5.74, 6) is 1.13. The molecule has 3 aromatic rings. The van der Waals surface area contributed by atoms with Gasteiger partial charge in [-0.1, -0.05) is 11.6 Å². The van der Waals surface area contributed by atoms with E-state index in [0.29, 0.717) is 0 Å². The summed E-state index contributed by atoms with van der Waals surface area (Å²) >= 11 is 0. The van der Waals surface area contributed by atoms with Gasteiger partial charge in [0.1, 0.15) is 0 Å². The van der Waals surface area contributed by atoms with Crippen LogP contribution in [-0.4, -0.2) is 54.2 Å². The van der Waals surface area contributed by atoms with Crippen LogP contribution in [-0.2, 0) is 6.42 Å². The van der Waals surface area contributed by atoms with E-state index >= 15 is 0 Å². The summed E-state index contributed by atoms with van der Waals surface area (Å²) in [5.41, 5.74) is 5.42. The van der Waals surface area contributed by atoms with Gasteiger partial charge in [-0.05, 0) is 61.2 Å². The van der Waals surface area contributed by atoms with Crippen LogP contribution in [0.4, 0.5) is 17.2 Å². The zero-order valence-corrected chi connectivity index (χ0v) is 18.5. The van der Waals surface area contributed by atoms with Crippen molar-refractivity contribution in [3.63, 3.8) is 0 Å². The number of piperazine rings is 1. The van der Waals surface area contributed by atoms with Gasteiger partial charge in [0.15, 0.2) is 5.82 Å². The first-order valence-corrected chi connectivity index (χ1v) is 11.5. The fourth-order valence-corrected chi connectivity index (χ4v) is 4.63. The number of nitrogens with zero attached hydrogens (tertiary/aromatic N) is 6. The van der Waals surface area contributed by atoms with Crippen LogP contribution in [0.25, 0.3) is 0 Å². The van der Waals surface area contributed by atoms with Gasteiger partial charge in [-0.15, -0.1) is 0 Å². The smallest absolute Gasteiger partial charge is 0.152 e. The molecule has 32 heavy (non-hydrogen) atoms. The second kappa shape index (κ2) is 9.81. The maximum Gasteiger partial charge on any atom is 0.152 e. The summed E-state index contributed by atoms with van der Waals surface area (Å²) in [4.78, 5) is 20.4. The molecule has 2 saturated heterocycles. The molecule has 6 nitrogen and oxygen atoms in total. The van der Waals surface area contributed by atoms with Crippen molar-refractivity contribution in [2.75, 3.05) is 54.0 Å². The number of anilines is 3. The molecule has 164 valence electrons. The van der Waals surface area contributed by atoms with Crippen molar-refractivity contribution in [2.24, 2.45) is 0 Å². The van der Waals surface area contributed by atoms with Crippen LogP contribution in [0.5, 0.6) is 0 Å². The number of hydrogen-bond donors (Lipinski definition) is 0. The summed E-state index contributed by atoms with van der Waals surface area (Å²) in [7, 11) is 0. The van der Waals surface area contributed by atoms with Crippen LogP contribution < -0.4 is 14.7 Å². The predicted molar refractivity (Wildman–Crippen MR) is 130 cm³/mol. The molecule has 0 bridgehead atoms. The van der Waals surface area contributed by atoms with Crippen molar-refractivity contribution < 1.29 is 0 Å². The lowest BCUT2D eigenvalue weighted by Gasteiger charge is -2.39. The molecule has 0 N–H and O–H groups in total. The summed E-state index contributed by atoms with van der Waals surface area (Å²) in [6, 6.07) is 12.7. The van der Waals surface area contributed by atoms with Crippen LogP contribution in [0, 0.1) is 0 Å². The Morgan fingerprint density at radius 3 is 2.06 bits per heavy atom. The molecule has 0 aliphatic carbocycles. The molecular weight excluding hydrogens is 396 g/mol. The van der Waals surface area contributed by atoms with Crippen LogP contribution in [0.3, 0.4) is 0 Å². The molecule has 0 amide bonds. The fraction of sp³-hybridized carbons (Fsp3) is 0.346. The SMILES string of the molecule is C(Cc1ccncc1)=C1CCN(c2cccnc2N2CCN(c3ccncc3)CC2)CC1. The van der Waals surface area contributed by atoms with Crippen molar-refractivity contribution in [2.45, 2.75) is 19.3 Å². The van der Waals surface area contributed by atoms with Gasteiger partial charge < -0.3 is 14.7 Å². The van der Waals surface area contributed by atoms with Gasteiger partial charge in [0.25, 0.3) is 0 Å². The summed E-state index contributed by atoms with van der Waals surface area (Å²) in [5, 5.41) is 0. The molecule has 0 saturated carbocycles. The molecule has 6 heteroatoms. The summed E-state index contributed by atoms with van der Waals surface area (Å²) < 4.78 is 0. The van der Waals surface area contributed by atoms with Crippen LogP contribution >= 0.6 is 0 Å². The third-order valence-corrected chi connectivity index (χ3v) is 6.50. The van der Waals surface area contributed by atoms with E-state index in [1.165, 1.54) is 16.9 Å². The number of aromatic nitrogens is 3. The van der Waals surface area contributed by atoms with E-state index < -0.39 is 0 Å². The van der Waals surface area contributed by atoms with E-state index in [0.717, 1.165) is 64.3 Å². The Balaban J connectivity index is 1.21. The monoisotopic (exact) mass is 426 g/mol. The molecule has 5 rings (SSSR count). The number of allylic oxidation sites excluding steroid dienone is 1. The van der Waals surface area contributed by atoms with E-state index in [-0.39, 0.29) is 0 Å². The molecular formula is C26H30N6. The highest BCUT2D eigenvalue weighted by Crippen LogP contribution is 2.31. The topological polar surface area (TPSA) is 48.4 Å². The van der Waals surface area contributed by atoms with E-state index in [2.05, 4.69) is 67.1 Å². The molecule has 3 aromatic heterocycles. The minimum absolute atomic E-state index is 0.983. The second-order valence-corrected chi connectivity index (χ2v) is 8.43. The van der Waals surface area contributed by atoms with Crippen molar-refractivity contribution in [3.8, 4) is 0 Å². The van der Waals surface area contributed by atoms with Crippen molar-refractivity contribution in [3.05, 3.63) is 84.6 Å². The zero-order chi connectivity index (χ0) is 21.6. The Hall–Kier alpha value is -3.41. The van der Waals surface area contributed by atoms with Gasteiger partial charge in [0.2, 0.25) is 0 Å². The Labute approximate surface area is 190 Å². The molecule has 2 aliphatic heterocycles. The molecule has 5 heterocycles. The third kappa shape index (κ3) is 4.74. The lowest BCUT2D eigenvalue weighted by molar-refractivity contribution is 0.639. The number of piperidine rings is 1. The Morgan fingerprint density at radius 1 is 0.688 bits per heavy atom. The van der Waals surface area contributed by atoms with Crippen LogP contribution in [0.2, 0.25) is 0 Å². The average Bonchev–Trinajstić information content (AvgIpc) is 2.89. The number of hydrogen-bond acceptors (Lipinski definition) is 6. The van der Waals surface area contributed by atoms with Crippen molar-refractivity contribution in [1.29, 1.82) is 0 Å². The predicted octanol–water partition coefficient (Wildman–Crippen LogP) is 3.97. The van der Waals surface area contributed by atoms with E-state index in [9.17, 15) is 0 Å². The zero-order valence-electron chi connectivity index (χ0n) is 18.5. The van der Waals surface area contributed by atoms with Gasteiger partial charge in [0.05, 0.1) is 5.69 Å². The molecule has 0 radical (unpaired) electrons. The third-order valence-electron chi connectivity index (χ3n) is 6.50. The summed E-state index contributed by atoms with van der Waals surface area (Å²) in [6.45, 7) is 6.08. The number of rotatable bonds is 5. The summed E-state index contributed by atoms with van der Waals surface area (Å²) in [6.07, 6.45) is 15.1. The van der Waals surface area contributed by atoms with Crippen molar-refractivity contribution in [1.82, 2.24) is 15.0 Å². The van der Waals surface area contributed by atoms with Gasteiger partial charge in [-0.3, -0.25) is 9.97 Å². The highest BCUT2D eigenvalue weighted by Gasteiger charge is 2.24. The first-order chi connectivity index (χ1) is 15.9. The highest BCUT2D eigenvalue weighted by atomic mass is 15.3. The molecule has 0 atom stereocenters. The molecule has 2 fully saturated rings. The molecule has 0 spiro atoms. The first-order valence-electron chi connectivity index (χ1n) is 11.5. The van der Waals surface area contributed by atoms with Crippen LogP contribution in [0.15, 0.2) is 79.0 Å². The number of pyridine rings is 3. The first kappa shape index (κ1) is 20.5. The quantitative estimate of drug-likeness (QED) is 0.576. The largest absolute Gasteiger partial charge is 0.368 e. The second-order valence-electron chi connectivity index (χ2n) is 8.43. The normalized spacial score (nSPS) is 16.9. The van der Waals surface area contributed by atoms with Gasteiger partial charge in [0, 0.05) is 75.9 Å². The lowest BCUT2D eigenvalue weighted by Crippen LogP contribution is -2.47. The Morgan fingerprint density at radius 2 is 1.34 bits per heavy atom.